The molecule has 0 aliphatic carbocycles. The van der Waals surface area contributed by atoms with Crippen molar-refractivity contribution in [1.82, 2.24) is 0 Å². The van der Waals surface area contributed by atoms with Gasteiger partial charge in [0.2, 0.25) is 5.91 Å². The summed E-state index contributed by atoms with van der Waals surface area (Å²) < 4.78 is 0. The van der Waals surface area contributed by atoms with E-state index in [-0.39, 0.29) is 5.91 Å². The Morgan fingerprint density at radius 3 is 2.62 bits per heavy atom. The highest BCUT2D eigenvalue weighted by molar-refractivity contribution is 5.92. The third kappa shape index (κ3) is 2.44. The number of amides is 1. The first-order valence-corrected chi connectivity index (χ1v) is 3.92. The zero-order chi connectivity index (χ0) is 9.84. The third-order valence-corrected chi connectivity index (χ3v) is 1.58. The van der Waals surface area contributed by atoms with E-state index in [0.717, 1.165) is 5.56 Å². The molecule has 0 saturated heterocycles. The van der Waals surface area contributed by atoms with Crippen LogP contribution in [-0.4, -0.2) is 5.91 Å². The van der Waals surface area contributed by atoms with Gasteiger partial charge in [-0.2, -0.15) is 0 Å². The number of hydrogen-bond donors (Lipinski definition) is 1. The minimum absolute atomic E-state index is 0.117. The lowest BCUT2D eigenvalue weighted by Gasteiger charge is -2.08. The van der Waals surface area contributed by atoms with Crippen LogP contribution in [-0.2, 0) is 4.79 Å². The SMILES string of the molecule is [CH]C(=C)c1ccccc1NC(C)=O. The van der Waals surface area contributed by atoms with Crippen molar-refractivity contribution in [3.05, 3.63) is 43.3 Å². The van der Waals surface area contributed by atoms with Crippen molar-refractivity contribution in [2.24, 2.45) is 0 Å². The summed E-state index contributed by atoms with van der Waals surface area (Å²) >= 11 is 0. The van der Waals surface area contributed by atoms with Crippen molar-refractivity contribution in [3.8, 4) is 0 Å². The Labute approximate surface area is 78.3 Å². The largest absolute Gasteiger partial charge is 0.326 e. The standard InChI is InChI=1S/C11H11NO/c1-8(2)10-6-4-5-7-11(10)12-9(3)13/h1,4-7H,2H2,3H3,(H,12,13). The summed E-state index contributed by atoms with van der Waals surface area (Å²) in [6, 6.07) is 7.28. The highest BCUT2D eigenvalue weighted by Gasteiger charge is 2.02. The molecule has 1 aromatic rings. The summed E-state index contributed by atoms with van der Waals surface area (Å²) in [6.45, 7) is 10.6. The fourth-order valence-electron chi connectivity index (χ4n) is 1.06. The first kappa shape index (κ1) is 9.52. The molecule has 0 aliphatic heterocycles. The molecule has 0 heterocycles. The second kappa shape index (κ2) is 3.90. The molecule has 1 rings (SSSR count). The number of para-hydroxylation sites is 1. The molecule has 1 aromatic carbocycles. The summed E-state index contributed by atoms with van der Waals surface area (Å²) in [5, 5.41) is 2.67. The van der Waals surface area contributed by atoms with Crippen LogP contribution in [0.1, 0.15) is 12.5 Å². The van der Waals surface area contributed by atoms with Gasteiger partial charge in [0.25, 0.3) is 0 Å². The van der Waals surface area contributed by atoms with Crippen LogP contribution in [0.2, 0.25) is 0 Å². The van der Waals surface area contributed by atoms with Gasteiger partial charge in [0.15, 0.2) is 0 Å². The predicted molar refractivity (Wildman–Crippen MR) is 54.1 cm³/mol. The summed E-state index contributed by atoms with van der Waals surface area (Å²) in [5.74, 6) is -0.117. The lowest BCUT2D eigenvalue weighted by Crippen LogP contribution is -2.07. The average Bonchev–Trinajstić information content (AvgIpc) is 2.03. The fourth-order valence-corrected chi connectivity index (χ4v) is 1.06. The molecular formula is C11H11NO. The van der Waals surface area contributed by atoms with Crippen molar-refractivity contribution in [3.63, 3.8) is 0 Å². The molecule has 1 N–H and O–H groups in total. The Kier molecular flexibility index (Phi) is 2.85. The molecule has 1 amide bonds. The van der Waals surface area contributed by atoms with Gasteiger partial charge >= 0.3 is 0 Å². The highest BCUT2D eigenvalue weighted by Crippen LogP contribution is 2.21. The molecular weight excluding hydrogens is 162 g/mol. The van der Waals surface area contributed by atoms with Crippen molar-refractivity contribution in [2.75, 3.05) is 5.32 Å². The first-order valence-electron chi connectivity index (χ1n) is 3.92. The maximum atomic E-state index is 10.8. The molecule has 13 heavy (non-hydrogen) atoms. The highest BCUT2D eigenvalue weighted by atomic mass is 16.1. The molecule has 2 radical (unpaired) electrons. The van der Waals surface area contributed by atoms with E-state index in [4.69, 9.17) is 6.92 Å². The smallest absolute Gasteiger partial charge is 0.221 e. The van der Waals surface area contributed by atoms with Crippen LogP contribution in [0, 0.1) is 6.92 Å². The topological polar surface area (TPSA) is 29.1 Å². The second-order valence-electron chi connectivity index (χ2n) is 2.75. The lowest BCUT2D eigenvalue weighted by molar-refractivity contribution is -0.114. The molecule has 0 fully saturated rings. The maximum absolute atomic E-state index is 10.8. The molecule has 0 aromatic heterocycles. The van der Waals surface area contributed by atoms with Crippen molar-refractivity contribution < 1.29 is 4.79 Å². The number of carbonyl (C=O) groups is 1. The van der Waals surface area contributed by atoms with Crippen LogP contribution >= 0.6 is 0 Å². The molecule has 0 aliphatic rings. The van der Waals surface area contributed by atoms with Crippen LogP contribution < -0.4 is 5.32 Å². The number of anilines is 1. The Morgan fingerprint density at radius 2 is 2.08 bits per heavy atom. The summed E-state index contributed by atoms with van der Waals surface area (Å²) in [4.78, 5) is 10.8. The van der Waals surface area contributed by atoms with Crippen LogP contribution in [0.3, 0.4) is 0 Å². The van der Waals surface area contributed by atoms with Gasteiger partial charge in [0.05, 0.1) is 0 Å². The molecule has 0 bridgehead atoms. The Morgan fingerprint density at radius 1 is 1.46 bits per heavy atom. The van der Waals surface area contributed by atoms with Gasteiger partial charge in [-0.15, -0.1) is 0 Å². The third-order valence-electron chi connectivity index (χ3n) is 1.58. The van der Waals surface area contributed by atoms with E-state index in [0.29, 0.717) is 11.3 Å². The van der Waals surface area contributed by atoms with E-state index < -0.39 is 0 Å². The van der Waals surface area contributed by atoms with E-state index in [9.17, 15) is 4.79 Å². The number of nitrogens with one attached hydrogen (secondary N) is 1. The number of rotatable bonds is 2. The quantitative estimate of drug-likeness (QED) is 0.730. The normalized spacial score (nSPS) is 9.38. The van der Waals surface area contributed by atoms with Gasteiger partial charge in [-0.1, -0.05) is 24.8 Å². The van der Waals surface area contributed by atoms with Crippen molar-refractivity contribution >= 4 is 17.2 Å². The monoisotopic (exact) mass is 173 g/mol. The van der Waals surface area contributed by atoms with Gasteiger partial charge in [-0.3, -0.25) is 4.79 Å². The molecule has 0 unspecified atom stereocenters. The van der Waals surface area contributed by atoms with E-state index in [1.807, 2.05) is 18.2 Å². The Bertz CT molecular complexity index is 342. The van der Waals surface area contributed by atoms with Crippen LogP contribution in [0.15, 0.2) is 30.8 Å². The molecule has 2 nitrogen and oxygen atoms in total. The van der Waals surface area contributed by atoms with Crippen LogP contribution in [0.5, 0.6) is 0 Å². The number of carbonyl (C=O) groups excluding carboxylic acids is 1. The number of allylic oxidation sites excluding steroid dienone is 1. The molecule has 0 saturated carbocycles. The van der Waals surface area contributed by atoms with E-state index in [1.165, 1.54) is 6.92 Å². The Balaban J connectivity index is 3.04. The number of hydrogen-bond acceptors (Lipinski definition) is 1. The molecule has 66 valence electrons. The predicted octanol–water partition coefficient (Wildman–Crippen LogP) is 2.37. The van der Waals surface area contributed by atoms with Gasteiger partial charge in [-0.05, 0) is 18.6 Å². The van der Waals surface area contributed by atoms with E-state index in [2.05, 4.69) is 11.9 Å². The van der Waals surface area contributed by atoms with Crippen molar-refractivity contribution in [1.29, 1.82) is 0 Å². The van der Waals surface area contributed by atoms with E-state index in [1.54, 1.807) is 6.07 Å². The number of benzene rings is 1. The Hall–Kier alpha value is -1.57. The van der Waals surface area contributed by atoms with Gasteiger partial charge in [0, 0.05) is 18.2 Å². The van der Waals surface area contributed by atoms with Gasteiger partial charge in [-0.25, -0.2) is 0 Å². The fraction of sp³-hybridized carbons (Fsp3) is 0.0909. The zero-order valence-corrected chi connectivity index (χ0v) is 7.50. The summed E-state index contributed by atoms with van der Waals surface area (Å²) in [6.07, 6.45) is 0. The van der Waals surface area contributed by atoms with Crippen LogP contribution in [0.4, 0.5) is 5.69 Å². The summed E-state index contributed by atoms with van der Waals surface area (Å²) in [5.41, 5.74) is 1.91. The lowest BCUT2D eigenvalue weighted by atomic mass is 10.1. The summed E-state index contributed by atoms with van der Waals surface area (Å²) in [7, 11) is 0. The second-order valence-corrected chi connectivity index (χ2v) is 2.75. The van der Waals surface area contributed by atoms with Gasteiger partial charge < -0.3 is 5.32 Å². The maximum Gasteiger partial charge on any atom is 0.221 e. The zero-order valence-electron chi connectivity index (χ0n) is 7.50. The molecule has 2 heteroatoms. The molecule has 0 atom stereocenters. The first-order chi connectivity index (χ1) is 6.11. The van der Waals surface area contributed by atoms with Gasteiger partial charge in [0.1, 0.15) is 0 Å². The van der Waals surface area contributed by atoms with E-state index >= 15 is 0 Å². The molecule has 0 spiro atoms. The minimum atomic E-state index is -0.117. The minimum Gasteiger partial charge on any atom is -0.326 e. The van der Waals surface area contributed by atoms with Crippen molar-refractivity contribution in [2.45, 2.75) is 6.92 Å². The van der Waals surface area contributed by atoms with Crippen LogP contribution in [0.25, 0.3) is 5.57 Å². The average molecular weight is 173 g/mol.